The Kier molecular flexibility index (Phi) is 6.12. The van der Waals surface area contributed by atoms with Crippen LogP contribution >= 0.6 is 22.9 Å². The van der Waals surface area contributed by atoms with E-state index in [4.69, 9.17) is 21.0 Å². The van der Waals surface area contributed by atoms with Crippen LogP contribution in [-0.4, -0.2) is 32.6 Å². The number of thiophene rings is 1. The first kappa shape index (κ1) is 22.2. The van der Waals surface area contributed by atoms with Crippen molar-refractivity contribution in [1.29, 1.82) is 0 Å². The van der Waals surface area contributed by atoms with Crippen LogP contribution in [0, 0.1) is 13.8 Å². The minimum Gasteiger partial charge on any atom is -0.414 e. The summed E-state index contributed by atoms with van der Waals surface area (Å²) >= 11 is 7.69. The molecule has 0 unspecified atom stereocenters. The number of hydrogen-bond donors (Lipinski definition) is 1. The van der Waals surface area contributed by atoms with Crippen LogP contribution in [0.3, 0.4) is 0 Å². The van der Waals surface area contributed by atoms with Gasteiger partial charge in [-0.25, -0.2) is 0 Å². The predicted octanol–water partition coefficient (Wildman–Crippen LogP) is 6.20. The SMILES string of the molecule is Cc1sc2c(c1C)C(c1ccc(Cl)cc1)=N[C@@H](CO[Si](C)(C)C(C)(C)C)C(=O)N2. The van der Waals surface area contributed by atoms with Gasteiger partial charge in [0.05, 0.1) is 12.3 Å². The third-order valence-corrected chi connectivity index (χ3v) is 11.8. The number of halogens is 1. The van der Waals surface area contributed by atoms with Gasteiger partial charge < -0.3 is 9.74 Å². The standard InChI is InChI=1S/C22H29ClN2O2SSi/c1-13-14(2)28-21-18(13)19(15-8-10-16(23)11-9-15)24-17(20(26)25-21)12-27-29(6,7)22(3,4)5/h8-11,17H,12H2,1-7H3,(H,25,26)/t17-/m0/s1. The Balaban J connectivity index is 2.04. The van der Waals surface area contributed by atoms with Crippen molar-refractivity contribution in [3.05, 3.63) is 50.9 Å². The molecule has 4 nitrogen and oxygen atoms in total. The molecule has 1 aromatic carbocycles. The number of carbonyl (C=O) groups is 1. The van der Waals surface area contributed by atoms with Crippen LogP contribution in [0.4, 0.5) is 5.00 Å². The first-order valence-corrected chi connectivity index (χ1v) is 13.9. The number of rotatable bonds is 4. The van der Waals surface area contributed by atoms with Crippen molar-refractivity contribution in [3.8, 4) is 0 Å². The number of anilines is 1. The molecule has 1 N–H and O–H groups in total. The number of benzene rings is 1. The highest BCUT2D eigenvalue weighted by molar-refractivity contribution is 7.17. The fourth-order valence-corrected chi connectivity index (χ4v) is 5.12. The summed E-state index contributed by atoms with van der Waals surface area (Å²) in [4.78, 5) is 19.1. The zero-order valence-corrected chi connectivity index (χ0v) is 20.7. The van der Waals surface area contributed by atoms with Crippen LogP contribution in [0.15, 0.2) is 29.3 Å². The number of nitrogens with zero attached hydrogens (tertiary/aromatic N) is 1. The van der Waals surface area contributed by atoms with Crippen molar-refractivity contribution >= 4 is 47.9 Å². The first-order valence-electron chi connectivity index (χ1n) is 9.79. The van der Waals surface area contributed by atoms with E-state index < -0.39 is 14.4 Å². The Morgan fingerprint density at radius 1 is 1.21 bits per heavy atom. The third-order valence-electron chi connectivity index (χ3n) is 5.97. The summed E-state index contributed by atoms with van der Waals surface area (Å²) < 4.78 is 6.35. The van der Waals surface area contributed by atoms with Crippen LogP contribution in [0.25, 0.3) is 0 Å². The minimum absolute atomic E-state index is 0.0726. The predicted molar refractivity (Wildman–Crippen MR) is 126 cm³/mol. The van der Waals surface area contributed by atoms with Crippen LogP contribution in [0.2, 0.25) is 23.2 Å². The van der Waals surface area contributed by atoms with Gasteiger partial charge in [0, 0.05) is 21.0 Å². The second kappa shape index (κ2) is 7.98. The Hall–Kier alpha value is -1.47. The summed E-state index contributed by atoms with van der Waals surface area (Å²) in [6, 6.07) is 7.04. The lowest BCUT2D eigenvalue weighted by Gasteiger charge is -2.36. The van der Waals surface area contributed by atoms with Gasteiger partial charge in [-0.3, -0.25) is 9.79 Å². The maximum Gasteiger partial charge on any atom is 0.252 e. The first-order chi connectivity index (χ1) is 13.4. The largest absolute Gasteiger partial charge is 0.414 e. The van der Waals surface area contributed by atoms with Crippen molar-refractivity contribution in [2.45, 2.75) is 58.8 Å². The van der Waals surface area contributed by atoms with E-state index in [0.717, 1.165) is 27.4 Å². The highest BCUT2D eigenvalue weighted by Gasteiger charge is 2.39. The summed E-state index contributed by atoms with van der Waals surface area (Å²) in [5.74, 6) is -0.116. The zero-order valence-electron chi connectivity index (χ0n) is 18.1. The van der Waals surface area contributed by atoms with Gasteiger partial charge in [0.2, 0.25) is 0 Å². The van der Waals surface area contributed by atoms with Crippen molar-refractivity contribution in [2.24, 2.45) is 4.99 Å². The fraction of sp³-hybridized carbons (Fsp3) is 0.455. The molecule has 0 aliphatic carbocycles. The molecule has 29 heavy (non-hydrogen) atoms. The summed E-state index contributed by atoms with van der Waals surface area (Å²) in [6.45, 7) is 15.4. The topological polar surface area (TPSA) is 50.7 Å². The lowest BCUT2D eigenvalue weighted by Crippen LogP contribution is -2.44. The van der Waals surface area contributed by atoms with E-state index in [1.807, 2.05) is 24.3 Å². The van der Waals surface area contributed by atoms with Crippen molar-refractivity contribution in [2.75, 3.05) is 11.9 Å². The summed E-state index contributed by atoms with van der Waals surface area (Å²) in [7, 11) is -1.99. The molecule has 0 fully saturated rings. The number of fused-ring (bicyclic) bond motifs is 1. The lowest BCUT2D eigenvalue weighted by atomic mass is 10.00. The highest BCUT2D eigenvalue weighted by Crippen LogP contribution is 2.38. The van der Waals surface area contributed by atoms with Gasteiger partial charge in [0.25, 0.3) is 5.91 Å². The number of nitrogens with one attached hydrogen (secondary N) is 1. The minimum atomic E-state index is -1.99. The van der Waals surface area contributed by atoms with Gasteiger partial charge in [-0.15, -0.1) is 11.3 Å². The Bertz CT molecular complexity index is 958. The molecule has 1 atom stereocenters. The van der Waals surface area contributed by atoms with Gasteiger partial charge in [0.15, 0.2) is 14.4 Å². The van der Waals surface area contributed by atoms with Crippen LogP contribution in [0.5, 0.6) is 0 Å². The zero-order chi connectivity index (χ0) is 21.6. The number of carbonyl (C=O) groups excluding carboxylic acids is 1. The van der Waals surface area contributed by atoms with Crippen LogP contribution in [-0.2, 0) is 9.22 Å². The average molecular weight is 449 g/mol. The fourth-order valence-electron chi connectivity index (χ4n) is 2.92. The molecular weight excluding hydrogens is 420 g/mol. The van der Waals surface area contributed by atoms with Crippen LogP contribution < -0.4 is 5.32 Å². The Labute approximate surface area is 183 Å². The molecule has 156 valence electrons. The van der Waals surface area contributed by atoms with E-state index in [0.29, 0.717) is 5.02 Å². The van der Waals surface area contributed by atoms with E-state index in [9.17, 15) is 4.79 Å². The molecule has 3 rings (SSSR count). The normalized spacial score (nSPS) is 17.4. The third kappa shape index (κ3) is 4.50. The molecule has 1 aliphatic heterocycles. The lowest BCUT2D eigenvalue weighted by molar-refractivity contribution is -0.117. The molecule has 7 heteroatoms. The maximum atomic E-state index is 13.0. The molecule has 0 spiro atoms. The average Bonchev–Trinajstić information content (AvgIpc) is 2.81. The highest BCUT2D eigenvalue weighted by atomic mass is 35.5. The van der Waals surface area contributed by atoms with Gasteiger partial charge >= 0.3 is 0 Å². The van der Waals surface area contributed by atoms with Gasteiger partial charge in [-0.05, 0) is 49.7 Å². The number of aryl methyl sites for hydroxylation is 1. The van der Waals surface area contributed by atoms with Crippen molar-refractivity contribution in [1.82, 2.24) is 0 Å². The summed E-state index contributed by atoms with van der Waals surface area (Å²) in [5.41, 5.74) is 3.91. The van der Waals surface area contributed by atoms with E-state index in [2.05, 4.69) is 53.0 Å². The molecule has 0 radical (unpaired) electrons. The van der Waals surface area contributed by atoms with Gasteiger partial charge in [0.1, 0.15) is 5.00 Å². The molecule has 0 saturated carbocycles. The van der Waals surface area contributed by atoms with E-state index >= 15 is 0 Å². The van der Waals surface area contributed by atoms with E-state index in [1.54, 1.807) is 11.3 Å². The Morgan fingerprint density at radius 2 is 1.83 bits per heavy atom. The summed E-state index contributed by atoms with van der Waals surface area (Å²) in [6.07, 6.45) is 0. The smallest absolute Gasteiger partial charge is 0.252 e. The molecule has 0 bridgehead atoms. The van der Waals surface area contributed by atoms with Crippen molar-refractivity contribution < 1.29 is 9.22 Å². The second-order valence-electron chi connectivity index (χ2n) is 9.05. The quantitative estimate of drug-likeness (QED) is 0.566. The summed E-state index contributed by atoms with van der Waals surface area (Å²) in [5, 5.41) is 4.70. The molecule has 1 aliphatic rings. The van der Waals surface area contributed by atoms with Gasteiger partial charge in [-0.2, -0.15) is 0 Å². The second-order valence-corrected chi connectivity index (χ2v) is 15.5. The van der Waals surface area contributed by atoms with Crippen molar-refractivity contribution in [3.63, 3.8) is 0 Å². The maximum absolute atomic E-state index is 13.0. The molecule has 0 saturated heterocycles. The Morgan fingerprint density at radius 3 is 2.41 bits per heavy atom. The molecule has 1 aromatic heterocycles. The van der Waals surface area contributed by atoms with Gasteiger partial charge in [-0.1, -0.05) is 44.5 Å². The van der Waals surface area contributed by atoms with Crippen LogP contribution in [0.1, 0.15) is 42.3 Å². The molecular formula is C22H29ClN2O2SSi. The molecule has 2 aromatic rings. The molecule has 1 amide bonds. The van der Waals surface area contributed by atoms with E-state index in [-0.39, 0.29) is 17.6 Å². The number of hydrogen-bond acceptors (Lipinski definition) is 4. The monoisotopic (exact) mass is 448 g/mol. The van der Waals surface area contributed by atoms with E-state index in [1.165, 1.54) is 4.88 Å². The number of amides is 1. The molecule has 2 heterocycles. The number of aliphatic imine (C=N–C) groups is 1.